The predicted molar refractivity (Wildman–Crippen MR) is 98.4 cm³/mol. The number of aromatic nitrogens is 3. The maximum Gasteiger partial charge on any atom is 0.191 e. The topological polar surface area (TPSA) is 85.1 Å². The minimum Gasteiger partial charge on any atom is -0.388 e. The van der Waals surface area contributed by atoms with E-state index < -0.39 is 15.9 Å². The first kappa shape index (κ1) is 18.2. The molecule has 0 radical (unpaired) electrons. The fourth-order valence-corrected chi connectivity index (χ4v) is 5.59. The second-order valence-corrected chi connectivity index (χ2v) is 9.29. The van der Waals surface area contributed by atoms with Gasteiger partial charge >= 0.3 is 0 Å². The standard InChI is InChI=1S/C17H21N3O3S2/c1-2-9-20-16(14-8-10-25(22,23)12-14)18-19-17(20)24-11-15(21)13-6-4-3-5-7-13/h2-7,14-15,21H,1,8-12H2. The summed E-state index contributed by atoms with van der Waals surface area (Å²) < 4.78 is 25.4. The number of aliphatic hydroxyl groups excluding tert-OH is 1. The number of rotatable bonds is 7. The molecule has 8 heteroatoms. The van der Waals surface area contributed by atoms with E-state index in [4.69, 9.17) is 0 Å². The Morgan fingerprint density at radius 1 is 1.36 bits per heavy atom. The van der Waals surface area contributed by atoms with Crippen LogP contribution < -0.4 is 0 Å². The van der Waals surface area contributed by atoms with Crippen molar-refractivity contribution in [2.75, 3.05) is 17.3 Å². The monoisotopic (exact) mass is 379 g/mol. The maximum atomic E-state index is 11.7. The lowest BCUT2D eigenvalue weighted by molar-refractivity contribution is 0.204. The molecule has 1 N–H and O–H groups in total. The van der Waals surface area contributed by atoms with E-state index in [1.807, 2.05) is 34.9 Å². The molecule has 1 saturated heterocycles. The van der Waals surface area contributed by atoms with E-state index in [0.29, 0.717) is 29.7 Å². The molecule has 0 saturated carbocycles. The minimum absolute atomic E-state index is 0.120. The number of sulfone groups is 1. The van der Waals surface area contributed by atoms with Crippen molar-refractivity contribution in [3.63, 3.8) is 0 Å². The Morgan fingerprint density at radius 2 is 2.12 bits per heavy atom. The molecule has 3 rings (SSSR count). The molecule has 0 bridgehead atoms. The van der Waals surface area contributed by atoms with Crippen LogP contribution in [0, 0.1) is 0 Å². The van der Waals surface area contributed by atoms with Crippen LogP contribution in [0.3, 0.4) is 0 Å². The Kier molecular flexibility index (Phi) is 5.61. The average molecular weight is 380 g/mol. The highest BCUT2D eigenvalue weighted by Crippen LogP contribution is 2.31. The molecular weight excluding hydrogens is 358 g/mol. The van der Waals surface area contributed by atoms with Crippen molar-refractivity contribution in [3.05, 3.63) is 54.4 Å². The molecule has 2 unspecified atom stereocenters. The van der Waals surface area contributed by atoms with E-state index in [-0.39, 0.29) is 17.4 Å². The number of hydrogen-bond acceptors (Lipinski definition) is 6. The zero-order chi connectivity index (χ0) is 17.9. The molecular formula is C17H21N3O3S2. The third-order valence-electron chi connectivity index (χ3n) is 4.21. The van der Waals surface area contributed by atoms with Crippen LogP contribution in [0.4, 0.5) is 0 Å². The number of aliphatic hydroxyl groups is 1. The van der Waals surface area contributed by atoms with E-state index >= 15 is 0 Å². The zero-order valence-electron chi connectivity index (χ0n) is 13.8. The lowest BCUT2D eigenvalue weighted by Crippen LogP contribution is -2.11. The van der Waals surface area contributed by atoms with Crippen LogP contribution in [-0.2, 0) is 16.4 Å². The van der Waals surface area contributed by atoms with Gasteiger partial charge in [-0.15, -0.1) is 16.8 Å². The molecule has 1 fully saturated rings. The van der Waals surface area contributed by atoms with Crippen LogP contribution >= 0.6 is 11.8 Å². The smallest absolute Gasteiger partial charge is 0.191 e. The second-order valence-electron chi connectivity index (χ2n) is 6.08. The van der Waals surface area contributed by atoms with Crippen molar-refractivity contribution >= 4 is 21.6 Å². The lowest BCUT2D eigenvalue weighted by atomic mass is 10.1. The summed E-state index contributed by atoms with van der Waals surface area (Å²) in [6, 6.07) is 9.46. The van der Waals surface area contributed by atoms with Gasteiger partial charge in [-0.2, -0.15) is 0 Å². The van der Waals surface area contributed by atoms with E-state index in [1.54, 1.807) is 6.08 Å². The van der Waals surface area contributed by atoms with E-state index in [9.17, 15) is 13.5 Å². The fourth-order valence-electron chi connectivity index (χ4n) is 2.93. The molecule has 1 aromatic heterocycles. The van der Waals surface area contributed by atoms with Gasteiger partial charge in [-0.3, -0.25) is 0 Å². The van der Waals surface area contributed by atoms with Crippen LogP contribution in [0.5, 0.6) is 0 Å². The van der Waals surface area contributed by atoms with E-state index in [0.717, 1.165) is 5.56 Å². The highest BCUT2D eigenvalue weighted by atomic mass is 32.2. The summed E-state index contributed by atoms with van der Waals surface area (Å²) in [6.45, 7) is 4.28. The van der Waals surface area contributed by atoms with Gasteiger partial charge in [-0.05, 0) is 12.0 Å². The third-order valence-corrected chi connectivity index (χ3v) is 7.02. The summed E-state index contributed by atoms with van der Waals surface area (Å²) >= 11 is 1.41. The van der Waals surface area contributed by atoms with Crippen molar-refractivity contribution in [1.29, 1.82) is 0 Å². The number of thioether (sulfide) groups is 1. The summed E-state index contributed by atoms with van der Waals surface area (Å²) in [5.74, 6) is 1.35. The van der Waals surface area contributed by atoms with Gasteiger partial charge < -0.3 is 9.67 Å². The predicted octanol–water partition coefficient (Wildman–Crippen LogP) is 2.19. The van der Waals surface area contributed by atoms with Gasteiger partial charge in [0.25, 0.3) is 0 Å². The van der Waals surface area contributed by atoms with Crippen molar-refractivity contribution in [2.45, 2.75) is 30.1 Å². The molecule has 6 nitrogen and oxygen atoms in total. The summed E-state index contributed by atoms with van der Waals surface area (Å²) in [6.07, 6.45) is 1.72. The zero-order valence-corrected chi connectivity index (χ0v) is 15.4. The molecule has 2 heterocycles. The lowest BCUT2D eigenvalue weighted by Gasteiger charge is -2.13. The molecule has 1 aromatic carbocycles. The van der Waals surface area contributed by atoms with Gasteiger partial charge in [0, 0.05) is 18.2 Å². The Morgan fingerprint density at radius 3 is 2.76 bits per heavy atom. The van der Waals surface area contributed by atoms with Gasteiger partial charge in [0.15, 0.2) is 15.0 Å². The molecule has 1 aliphatic rings. The highest BCUT2D eigenvalue weighted by molar-refractivity contribution is 7.99. The van der Waals surface area contributed by atoms with Crippen molar-refractivity contribution < 1.29 is 13.5 Å². The van der Waals surface area contributed by atoms with Gasteiger partial charge in [0.05, 0.1) is 17.6 Å². The minimum atomic E-state index is -2.98. The second kappa shape index (κ2) is 7.72. The highest BCUT2D eigenvalue weighted by Gasteiger charge is 2.33. The normalized spacial score (nSPS) is 20.4. The van der Waals surface area contributed by atoms with Crippen molar-refractivity contribution in [1.82, 2.24) is 14.8 Å². The van der Waals surface area contributed by atoms with Crippen LogP contribution in [0.25, 0.3) is 0 Å². The largest absolute Gasteiger partial charge is 0.388 e. The van der Waals surface area contributed by atoms with Crippen LogP contribution in [-0.4, -0.2) is 45.5 Å². The molecule has 2 aromatic rings. The van der Waals surface area contributed by atoms with Crippen LogP contribution in [0.2, 0.25) is 0 Å². The number of hydrogen-bond donors (Lipinski definition) is 1. The first-order chi connectivity index (χ1) is 12.0. The molecule has 0 amide bonds. The molecule has 0 spiro atoms. The number of nitrogens with zero attached hydrogens (tertiary/aromatic N) is 3. The number of allylic oxidation sites excluding steroid dienone is 1. The Labute approximate surface area is 151 Å². The van der Waals surface area contributed by atoms with Crippen molar-refractivity contribution in [2.24, 2.45) is 0 Å². The van der Waals surface area contributed by atoms with Gasteiger partial charge in [0.2, 0.25) is 0 Å². The Balaban J connectivity index is 1.74. The quantitative estimate of drug-likeness (QED) is 0.586. The summed E-state index contributed by atoms with van der Waals surface area (Å²) in [5.41, 5.74) is 0.854. The number of benzene rings is 1. The SMILES string of the molecule is C=CCn1c(SCC(O)c2ccccc2)nnc1C1CCS(=O)(=O)C1. The Bertz CT molecular complexity index is 834. The van der Waals surface area contributed by atoms with Crippen molar-refractivity contribution in [3.8, 4) is 0 Å². The molecule has 134 valence electrons. The first-order valence-electron chi connectivity index (χ1n) is 8.10. The van der Waals surface area contributed by atoms with Gasteiger partial charge in [0.1, 0.15) is 5.82 Å². The molecule has 0 aliphatic carbocycles. The summed E-state index contributed by atoms with van der Waals surface area (Å²) in [4.78, 5) is 0. The first-order valence-corrected chi connectivity index (χ1v) is 10.9. The molecule has 1 aliphatic heterocycles. The van der Waals surface area contributed by atoms with Gasteiger partial charge in [-0.1, -0.05) is 48.2 Å². The Hall–Kier alpha value is -1.64. The summed E-state index contributed by atoms with van der Waals surface area (Å²) in [5, 5.41) is 19.4. The van der Waals surface area contributed by atoms with Crippen LogP contribution in [0.15, 0.2) is 48.1 Å². The third kappa shape index (κ3) is 4.31. The van der Waals surface area contributed by atoms with E-state index in [2.05, 4.69) is 16.8 Å². The molecule has 2 atom stereocenters. The maximum absolute atomic E-state index is 11.7. The van der Waals surface area contributed by atoms with Crippen LogP contribution in [0.1, 0.15) is 29.8 Å². The molecule has 25 heavy (non-hydrogen) atoms. The average Bonchev–Trinajstić information content (AvgIpc) is 3.16. The fraction of sp³-hybridized carbons (Fsp3) is 0.412. The van der Waals surface area contributed by atoms with Gasteiger partial charge in [-0.25, -0.2) is 8.42 Å². The van der Waals surface area contributed by atoms with E-state index in [1.165, 1.54) is 11.8 Å². The summed E-state index contributed by atoms with van der Waals surface area (Å²) in [7, 11) is -2.98.